The highest BCUT2D eigenvalue weighted by Crippen LogP contribution is 2.41. The van der Waals surface area contributed by atoms with Crippen molar-refractivity contribution in [3.63, 3.8) is 0 Å². The Balaban J connectivity index is 1.51. The Labute approximate surface area is 249 Å². The van der Waals surface area contributed by atoms with Gasteiger partial charge in [0, 0.05) is 17.8 Å². The zero-order valence-corrected chi connectivity index (χ0v) is 24.8. The first-order valence-electron chi connectivity index (χ1n) is 13.4. The quantitative estimate of drug-likeness (QED) is 0.226. The Morgan fingerprint density at radius 3 is 2.55 bits per heavy atom. The van der Waals surface area contributed by atoms with Gasteiger partial charge in [-0.25, -0.2) is 4.68 Å². The fraction of sp³-hybridized carbons (Fsp3) is 0.258. The fourth-order valence-electron chi connectivity index (χ4n) is 4.89. The number of benzene rings is 3. The normalized spacial score (nSPS) is 14.1. The van der Waals surface area contributed by atoms with Crippen molar-refractivity contribution in [2.45, 2.75) is 33.4 Å². The Hall–Kier alpha value is -4.70. The van der Waals surface area contributed by atoms with Crippen LogP contribution in [0.2, 0.25) is 5.02 Å². The summed E-state index contributed by atoms with van der Waals surface area (Å²) in [5.74, 6) is 2.09. The Kier molecular flexibility index (Phi) is 8.53. The highest BCUT2D eigenvalue weighted by atomic mass is 35.5. The van der Waals surface area contributed by atoms with E-state index in [0.29, 0.717) is 64.1 Å². The van der Waals surface area contributed by atoms with Crippen LogP contribution in [0.25, 0.3) is 0 Å². The van der Waals surface area contributed by atoms with Crippen LogP contribution in [0, 0.1) is 6.92 Å². The molecule has 0 aliphatic carbocycles. The number of anilines is 2. The minimum atomic E-state index is -0.617. The van der Waals surface area contributed by atoms with Crippen LogP contribution in [0.5, 0.6) is 23.0 Å². The SMILES string of the molecule is CCOc1cc([C@@H]2C(C(=O)Nc3cc(OC)c(Cl)cc3OC)=C(C)Nc3ncnn32)ccc1OCc1cccc(C)c1. The van der Waals surface area contributed by atoms with Crippen LogP contribution in [0.4, 0.5) is 11.6 Å². The van der Waals surface area contributed by atoms with E-state index in [9.17, 15) is 4.79 Å². The number of carbonyl (C=O) groups is 1. The molecule has 0 saturated carbocycles. The Bertz CT molecular complexity index is 1650. The molecule has 1 amide bonds. The number of ether oxygens (including phenoxy) is 4. The first-order valence-corrected chi connectivity index (χ1v) is 13.8. The third kappa shape index (κ3) is 5.84. The van der Waals surface area contributed by atoms with E-state index in [2.05, 4.69) is 26.8 Å². The maximum atomic E-state index is 14.0. The van der Waals surface area contributed by atoms with Gasteiger partial charge in [0.25, 0.3) is 5.91 Å². The van der Waals surface area contributed by atoms with Crippen molar-refractivity contribution in [2.24, 2.45) is 0 Å². The second-order valence-electron chi connectivity index (χ2n) is 9.65. The Morgan fingerprint density at radius 1 is 1.00 bits per heavy atom. The van der Waals surface area contributed by atoms with Gasteiger partial charge >= 0.3 is 0 Å². The summed E-state index contributed by atoms with van der Waals surface area (Å²) < 4.78 is 24.6. The molecule has 1 aliphatic rings. The molecule has 2 heterocycles. The molecule has 11 heteroatoms. The van der Waals surface area contributed by atoms with E-state index >= 15 is 0 Å². The largest absolute Gasteiger partial charge is 0.495 e. The molecule has 1 aromatic heterocycles. The molecule has 1 atom stereocenters. The van der Waals surface area contributed by atoms with E-state index in [1.165, 1.54) is 20.5 Å². The first kappa shape index (κ1) is 28.8. The van der Waals surface area contributed by atoms with Crippen molar-refractivity contribution in [1.82, 2.24) is 14.8 Å². The molecular formula is C31H32ClN5O5. The van der Waals surface area contributed by atoms with Crippen LogP contribution in [-0.2, 0) is 11.4 Å². The molecule has 0 saturated heterocycles. The topological polar surface area (TPSA) is 109 Å². The summed E-state index contributed by atoms with van der Waals surface area (Å²) in [7, 11) is 3.01. The van der Waals surface area contributed by atoms with Crippen LogP contribution in [-0.4, -0.2) is 41.5 Å². The van der Waals surface area contributed by atoms with Crippen molar-refractivity contribution in [1.29, 1.82) is 0 Å². The molecule has 2 N–H and O–H groups in total. The van der Waals surface area contributed by atoms with Gasteiger partial charge in [0.1, 0.15) is 30.5 Å². The summed E-state index contributed by atoms with van der Waals surface area (Å²) in [5.41, 5.74) is 4.44. The average Bonchev–Trinajstić information content (AvgIpc) is 3.44. The molecular weight excluding hydrogens is 558 g/mol. The van der Waals surface area contributed by atoms with Crippen LogP contribution < -0.4 is 29.6 Å². The average molecular weight is 590 g/mol. The Morgan fingerprint density at radius 2 is 1.81 bits per heavy atom. The molecule has 1 aliphatic heterocycles. The number of fused-ring (bicyclic) bond motifs is 1. The second kappa shape index (κ2) is 12.4. The molecule has 5 rings (SSSR count). The lowest BCUT2D eigenvalue weighted by Gasteiger charge is -2.29. The molecule has 0 unspecified atom stereocenters. The molecule has 0 bridgehead atoms. The number of nitrogens with one attached hydrogen (secondary N) is 2. The van der Waals surface area contributed by atoms with Crippen molar-refractivity contribution in [2.75, 3.05) is 31.5 Å². The maximum absolute atomic E-state index is 14.0. The molecule has 0 fully saturated rings. The van der Waals surface area contributed by atoms with E-state index in [1.54, 1.807) is 16.8 Å². The number of aromatic nitrogens is 3. The van der Waals surface area contributed by atoms with Gasteiger partial charge in [-0.2, -0.15) is 10.1 Å². The summed E-state index contributed by atoms with van der Waals surface area (Å²) in [6.45, 7) is 6.60. The number of halogens is 1. The fourth-order valence-corrected chi connectivity index (χ4v) is 5.12. The van der Waals surface area contributed by atoms with Gasteiger partial charge < -0.3 is 29.6 Å². The zero-order chi connectivity index (χ0) is 29.8. The maximum Gasteiger partial charge on any atom is 0.255 e. The second-order valence-corrected chi connectivity index (χ2v) is 10.1. The van der Waals surface area contributed by atoms with Crippen LogP contribution in [0.1, 0.15) is 36.6 Å². The van der Waals surface area contributed by atoms with Crippen LogP contribution in [0.3, 0.4) is 0 Å². The number of hydrogen-bond acceptors (Lipinski definition) is 8. The van der Waals surface area contributed by atoms with E-state index < -0.39 is 6.04 Å². The van der Waals surface area contributed by atoms with Gasteiger partial charge in [-0.15, -0.1) is 0 Å². The molecule has 0 spiro atoms. The zero-order valence-electron chi connectivity index (χ0n) is 24.0. The summed E-state index contributed by atoms with van der Waals surface area (Å²) >= 11 is 6.28. The van der Waals surface area contributed by atoms with Crippen LogP contribution >= 0.6 is 11.6 Å². The standard InChI is InChI=1S/C31H32ClN5O5/c1-6-41-27-13-21(10-11-24(27)42-16-20-9-7-8-18(2)12-20)29-28(19(3)35-31-33-17-34-37(29)31)30(38)36-23-15-25(39-4)22(32)14-26(23)40-5/h7-15,17,29H,6,16H2,1-5H3,(H,36,38)(H,33,34,35)/t29-/m1/s1. The summed E-state index contributed by atoms with van der Waals surface area (Å²) in [6.07, 6.45) is 1.44. The molecule has 0 radical (unpaired) electrons. The predicted octanol–water partition coefficient (Wildman–Crippen LogP) is 6.16. The van der Waals surface area contributed by atoms with Crippen LogP contribution in [0.15, 0.2) is 72.2 Å². The third-order valence-corrected chi connectivity index (χ3v) is 7.12. The number of methoxy groups -OCH3 is 2. The van der Waals surface area contributed by atoms with Crippen molar-refractivity contribution in [3.05, 3.63) is 93.9 Å². The molecule has 3 aromatic carbocycles. The van der Waals surface area contributed by atoms with Gasteiger partial charge in [0.05, 0.1) is 37.1 Å². The van der Waals surface area contributed by atoms with E-state index in [-0.39, 0.29) is 5.91 Å². The summed E-state index contributed by atoms with van der Waals surface area (Å²) in [6, 6.07) is 16.4. The van der Waals surface area contributed by atoms with Gasteiger partial charge in [-0.1, -0.05) is 47.5 Å². The molecule has 218 valence electrons. The minimum absolute atomic E-state index is 0.361. The lowest BCUT2D eigenvalue weighted by Crippen LogP contribution is -2.31. The van der Waals surface area contributed by atoms with Crippen molar-refractivity contribution >= 4 is 29.1 Å². The minimum Gasteiger partial charge on any atom is -0.495 e. The van der Waals surface area contributed by atoms with Gasteiger partial charge in [-0.3, -0.25) is 4.79 Å². The number of nitrogens with zero attached hydrogens (tertiary/aromatic N) is 3. The molecule has 10 nitrogen and oxygen atoms in total. The van der Waals surface area contributed by atoms with Crippen molar-refractivity contribution < 1.29 is 23.7 Å². The number of rotatable bonds is 10. The lowest BCUT2D eigenvalue weighted by molar-refractivity contribution is -0.113. The molecule has 42 heavy (non-hydrogen) atoms. The van der Waals surface area contributed by atoms with Gasteiger partial charge in [0.2, 0.25) is 5.95 Å². The monoisotopic (exact) mass is 589 g/mol. The number of amides is 1. The highest BCUT2D eigenvalue weighted by molar-refractivity contribution is 6.32. The van der Waals surface area contributed by atoms with E-state index in [4.69, 9.17) is 30.5 Å². The highest BCUT2D eigenvalue weighted by Gasteiger charge is 2.34. The lowest BCUT2D eigenvalue weighted by atomic mass is 9.94. The number of allylic oxidation sites excluding steroid dienone is 1. The first-order chi connectivity index (χ1) is 20.3. The predicted molar refractivity (Wildman–Crippen MR) is 161 cm³/mol. The third-order valence-electron chi connectivity index (χ3n) is 6.82. The number of hydrogen-bond donors (Lipinski definition) is 2. The number of aryl methyl sites for hydroxylation is 1. The summed E-state index contributed by atoms with van der Waals surface area (Å²) in [5, 5.41) is 10.9. The smallest absolute Gasteiger partial charge is 0.255 e. The van der Waals surface area contributed by atoms with E-state index in [1.807, 2.05) is 57.2 Å². The van der Waals surface area contributed by atoms with Crippen molar-refractivity contribution in [3.8, 4) is 23.0 Å². The number of carbonyl (C=O) groups excluding carboxylic acids is 1. The van der Waals surface area contributed by atoms with E-state index in [0.717, 1.165) is 16.7 Å². The van der Waals surface area contributed by atoms with Gasteiger partial charge in [0.15, 0.2) is 11.5 Å². The molecule has 4 aromatic rings. The van der Waals surface area contributed by atoms with Gasteiger partial charge in [-0.05, 0) is 44.0 Å². The summed E-state index contributed by atoms with van der Waals surface area (Å²) in [4.78, 5) is 18.3.